The van der Waals surface area contributed by atoms with Crippen LogP contribution in [0.3, 0.4) is 0 Å². The normalized spacial score (nSPS) is 9.20. The Kier molecular flexibility index (Phi) is 6.34. The lowest BCUT2D eigenvalue weighted by Gasteiger charge is -2.07. The predicted molar refractivity (Wildman–Crippen MR) is 64.0 cm³/mol. The van der Waals surface area contributed by atoms with Crippen molar-refractivity contribution in [1.82, 2.24) is 4.98 Å². The topological polar surface area (TPSA) is 42.0 Å². The van der Waals surface area contributed by atoms with Gasteiger partial charge in [0.15, 0.2) is 0 Å². The highest BCUT2D eigenvalue weighted by atomic mass is 16.1. The van der Waals surface area contributed by atoms with Gasteiger partial charge in [0.25, 0.3) is 0 Å². The molecular weight excluding hydrogens is 188 g/mol. The molecule has 1 heterocycles. The summed E-state index contributed by atoms with van der Waals surface area (Å²) in [7, 11) is 0. The molecule has 0 aliphatic carbocycles. The molecule has 84 valence electrons. The minimum Gasteiger partial charge on any atom is -0.325 e. The smallest absolute Gasteiger partial charge is 0.221 e. The van der Waals surface area contributed by atoms with Gasteiger partial charge >= 0.3 is 0 Å². The second-order valence-electron chi connectivity index (χ2n) is 3.34. The van der Waals surface area contributed by atoms with Crippen molar-refractivity contribution in [2.24, 2.45) is 0 Å². The lowest BCUT2D eigenvalue weighted by molar-refractivity contribution is -0.114. The van der Waals surface area contributed by atoms with Gasteiger partial charge in [-0.1, -0.05) is 27.7 Å². The molecule has 0 radical (unpaired) electrons. The Morgan fingerprint density at radius 2 is 1.93 bits per heavy atom. The summed E-state index contributed by atoms with van der Waals surface area (Å²) in [6.07, 6.45) is 3.46. The molecule has 1 amide bonds. The molecule has 0 saturated heterocycles. The summed E-state index contributed by atoms with van der Waals surface area (Å²) in [5, 5.41) is 2.70. The number of carbonyl (C=O) groups is 1. The Hall–Kier alpha value is -1.38. The van der Waals surface area contributed by atoms with Crippen LogP contribution in [0.5, 0.6) is 0 Å². The van der Waals surface area contributed by atoms with Crippen molar-refractivity contribution >= 4 is 11.6 Å². The first kappa shape index (κ1) is 13.6. The molecule has 0 aliphatic heterocycles. The van der Waals surface area contributed by atoms with Gasteiger partial charge in [0, 0.05) is 13.1 Å². The van der Waals surface area contributed by atoms with Crippen molar-refractivity contribution in [2.75, 3.05) is 5.32 Å². The molecule has 0 saturated carbocycles. The van der Waals surface area contributed by atoms with E-state index in [1.807, 2.05) is 26.1 Å². The van der Waals surface area contributed by atoms with E-state index in [0.29, 0.717) is 5.92 Å². The first-order chi connectivity index (χ1) is 7.09. The molecule has 1 rings (SSSR count). The quantitative estimate of drug-likeness (QED) is 0.811. The summed E-state index contributed by atoms with van der Waals surface area (Å²) in [4.78, 5) is 14.8. The van der Waals surface area contributed by atoms with Crippen molar-refractivity contribution in [1.29, 1.82) is 0 Å². The third-order valence-electron chi connectivity index (χ3n) is 1.75. The van der Waals surface area contributed by atoms with Gasteiger partial charge in [-0.15, -0.1) is 0 Å². The van der Waals surface area contributed by atoms with Gasteiger partial charge in [0.05, 0.1) is 11.9 Å². The maximum atomic E-state index is 10.8. The second kappa shape index (κ2) is 6.98. The molecule has 0 atom stereocenters. The Bertz CT molecular complexity index is 308. The molecule has 0 spiro atoms. The number of hydrogen-bond donors (Lipinski definition) is 1. The van der Waals surface area contributed by atoms with Crippen LogP contribution in [0.2, 0.25) is 0 Å². The van der Waals surface area contributed by atoms with Crippen LogP contribution in [0, 0.1) is 0 Å². The SMILES string of the molecule is CC.CC(=O)Nc1cncc(C(C)C)c1. The van der Waals surface area contributed by atoms with Crippen LogP contribution in [-0.4, -0.2) is 10.9 Å². The first-order valence-electron chi connectivity index (χ1n) is 5.32. The van der Waals surface area contributed by atoms with Crippen molar-refractivity contribution < 1.29 is 4.79 Å². The van der Waals surface area contributed by atoms with Crippen molar-refractivity contribution in [3.63, 3.8) is 0 Å². The highest BCUT2D eigenvalue weighted by Gasteiger charge is 2.01. The lowest BCUT2D eigenvalue weighted by atomic mass is 10.1. The van der Waals surface area contributed by atoms with Crippen molar-refractivity contribution in [2.45, 2.75) is 40.5 Å². The molecule has 3 heteroatoms. The summed E-state index contributed by atoms with van der Waals surface area (Å²) in [5.74, 6) is 0.365. The predicted octanol–water partition coefficient (Wildman–Crippen LogP) is 3.19. The van der Waals surface area contributed by atoms with E-state index >= 15 is 0 Å². The molecule has 0 fully saturated rings. The van der Waals surface area contributed by atoms with Crippen molar-refractivity contribution in [3.05, 3.63) is 24.0 Å². The molecule has 1 aromatic heterocycles. The Labute approximate surface area is 91.9 Å². The zero-order chi connectivity index (χ0) is 11.8. The number of nitrogens with one attached hydrogen (secondary N) is 1. The molecule has 15 heavy (non-hydrogen) atoms. The number of carbonyl (C=O) groups excluding carboxylic acids is 1. The van der Waals surface area contributed by atoms with E-state index in [4.69, 9.17) is 0 Å². The van der Waals surface area contributed by atoms with Gasteiger partial charge in [-0.05, 0) is 17.5 Å². The van der Waals surface area contributed by atoms with Gasteiger partial charge in [-0.2, -0.15) is 0 Å². The van der Waals surface area contributed by atoms with E-state index in [1.165, 1.54) is 6.92 Å². The zero-order valence-electron chi connectivity index (χ0n) is 10.2. The Morgan fingerprint density at radius 1 is 1.33 bits per heavy atom. The number of anilines is 1. The lowest BCUT2D eigenvalue weighted by Crippen LogP contribution is -2.06. The van der Waals surface area contributed by atoms with Crippen LogP contribution in [0.15, 0.2) is 18.5 Å². The number of pyridine rings is 1. The summed E-state index contributed by atoms with van der Waals surface area (Å²) in [6.45, 7) is 9.67. The van der Waals surface area contributed by atoms with E-state index < -0.39 is 0 Å². The fraction of sp³-hybridized carbons (Fsp3) is 0.500. The maximum Gasteiger partial charge on any atom is 0.221 e. The number of hydrogen-bond acceptors (Lipinski definition) is 2. The van der Waals surface area contributed by atoms with Crippen LogP contribution in [-0.2, 0) is 4.79 Å². The number of aromatic nitrogens is 1. The molecule has 1 N–H and O–H groups in total. The van der Waals surface area contributed by atoms with Crippen LogP contribution in [0.25, 0.3) is 0 Å². The van der Waals surface area contributed by atoms with Crippen molar-refractivity contribution in [3.8, 4) is 0 Å². The van der Waals surface area contributed by atoms with Crippen LogP contribution >= 0.6 is 0 Å². The molecule has 0 unspecified atom stereocenters. The minimum atomic E-state index is -0.0669. The van der Waals surface area contributed by atoms with E-state index in [9.17, 15) is 4.79 Å². The van der Waals surface area contributed by atoms with Crippen LogP contribution < -0.4 is 5.32 Å². The van der Waals surface area contributed by atoms with Gasteiger partial charge in [-0.3, -0.25) is 9.78 Å². The van der Waals surface area contributed by atoms with E-state index in [0.717, 1.165) is 11.3 Å². The van der Waals surface area contributed by atoms with Gasteiger partial charge in [-0.25, -0.2) is 0 Å². The molecule has 0 aliphatic rings. The third kappa shape index (κ3) is 5.15. The number of nitrogens with zero attached hydrogens (tertiary/aromatic N) is 1. The summed E-state index contributed by atoms with van der Waals surface area (Å²) >= 11 is 0. The number of amides is 1. The Morgan fingerprint density at radius 3 is 2.40 bits per heavy atom. The standard InChI is InChI=1S/C10H14N2O.C2H6/c1-7(2)9-4-10(6-11-5-9)12-8(3)13;1-2/h4-7H,1-3H3,(H,12,13);1-2H3. The fourth-order valence-electron chi connectivity index (χ4n) is 1.05. The third-order valence-corrected chi connectivity index (χ3v) is 1.75. The summed E-state index contributed by atoms with van der Waals surface area (Å²) < 4.78 is 0. The molecule has 0 bridgehead atoms. The summed E-state index contributed by atoms with van der Waals surface area (Å²) in [5.41, 5.74) is 1.89. The zero-order valence-corrected chi connectivity index (χ0v) is 10.2. The van der Waals surface area contributed by atoms with E-state index in [-0.39, 0.29) is 5.91 Å². The van der Waals surface area contributed by atoms with Crippen LogP contribution in [0.4, 0.5) is 5.69 Å². The second-order valence-corrected chi connectivity index (χ2v) is 3.34. The fourth-order valence-corrected chi connectivity index (χ4v) is 1.05. The largest absolute Gasteiger partial charge is 0.325 e. The summed E-state index contributed by atoms with van der Waals surface area (Å²) in [6, 6.07) is 1.94. The first-order valence-corrected chi connectivity index (χ1v) is 5.32. The van der Waals surface area contributed by atoms with Crippen LogP contribution in [0.1, 0.15) is 46.1 Å². The Balaban J connectivity index is 0.000000921. The van der Waals surface area contributed by atoms with Gasteiger partial charge < -0.3 is 5.32 Å². The van der Waals surface area contributed by atoms with E-state index in [2.05, 4.69) is 24.1 Å². The number of rotatable bonds is 2. The minimum absolute atomic E-state index is 0.0669. The average Bonchev–Trinajstić information content (AvgIpc) is 2.20. The monoisotopic (exact) mass is 208 g/mol. The molecule has 0 aromatic carbocycles. The molecular formula is C12H20N2O. The van der Waals surface area contributed by atoms with Gasteiger partial charge in [0.2, 0.25) is 5.91 Å². The average molecular weight is 208 g/mol. The van der Waals surface area contributed by atoms with Gasteiger partial charge in [0.1, 0.15) is 0 Å². The molecule has 1 aromatic rings. The maximum absolute atomic E-state index is 10.8. The molecule has 3 nitrogen and oxygen atoms in total. The van der Waals surface area contributed by atoms with E-state index in [1.54, 1.807) is 6.20 Å². The highest BCUT2D eigenvalue weighted by Crippen LogP contribution is 2.16. The highest BCUT2D eigenvalue weighted by molar-refractivity contribution is 5.88.